The molecule has 2 bridgehead atoms. The molecule has 4 aliphatic heterocycles. The second kappa shape index (κ2) is 8.46. The van der Waals surface area contributed by atoms with Crippen LogP contribution in [-0.4, -0.2) is 53.1 Å². The zero-order valence-electron chi connectivity index (χ0n) is 16.6. The van der Waals surface area contributed by atoms with E-state index >= 15 is 0 Å². The summed E-state index contributed by atoms with van der Waals surface area (Å²) in [4.78, 5) is 16.2. The molecule has 28 heavy (non-hydrogen) atoms. The highest BCUT2D eigenvalue weighted by atomic mass is 16.3. The smallest absolute Gasteiger partial charge is 0.220 e. The number of hydrogen-bond acceptors (Lipinski definition) is 3. The SMILES string of the molecule is CC(=O)N1CCc2ccccc2[C@@H]1c1ccccc1.O[C@H]1CN2CCC1CC2. The van der Waals surface area contributed by atoms with Crippen molar-refractivity contribution in [1.82, 2.24) is 9.80 Å². The minimum atomic E-state index is -0.00694. The summed E-state index contributed by atoms with van der Waals surface area (Å²) in [7, 11) is 0. The first kappa shape index (κ1) is 19.2. The van der Waals surface area contributed by atoms with Crippen LogP contribution in [0, 0.1) is 5.92 Å². The predicted octanol–water partition coefficient (Wildman–Crippen LogP) is 3.25. The highest BCUT2D eigenvalue weighted by Gasteiger charge is 2.32. The van der Waals surface area contributed by atoms with Crippen molar-refractivity contribution < 1.29 is 9.90 Å². The summed E-state index contributed by atoms with van der Waals surface area (Å²) in [5.41, 5.74) is 3.80. The van der Waals surface area contributed by atoms with Crippen molar-refractivity contribution in [3.05, 3.63) is 71.3 Å². The Kier molecular flexibility index (Phi) is 5.79. The van der Waals surface area contributed by atoms with Gasteiger partial charge in [-0.15, -0.1) is 0 Å². The molecule has 0 aromatic heterocycles. The summed E-state index contributed by atoms with van der Waals surface area (Å²) in [6.45, 7) is 5.84. The Morgan fingerprint density at radius 3 is 2.21 bits per heavy atom. The molecule has 0 spiro atoms. The first-order chi connectivity index (χ1) is 13.6. The average Bonchev–Trinajstić information content (AvgIpc) is 2.74. The van der Waals surface area contributed by atoms with E-state index < -0.39 is 0 Å². The fourth-order valence-electron chi connectivity index (χ4n) is 4.83. The van der Waals surface area contributed by atoms with Gasteiger partial charge in [0.1, 0.15) is 0 Å². The van der Waals surface area contributed by atoms with E-state index in [0.717, 1.165) is 19.5 Å². The number of fused-ring (bicyclic) bond motifs is 4. The Balaban J connectivity index is 0.000000177. The summed E-state index contributed by atoms with van der Waals surface area (Å²) in [5.74, 6) is 0.776. The van der Waals surface area contributed by atoms with Crippen LogP contribution in [0.5, 0.6) is 0 Å². The van der Waals surface area contributed by atoms with Crippen molar-refractivity contribution in [3.63, 3.8) is 0 Å². The average molecular weight is 379 g/mol. The van der Waals surface area contributed by atoms with Crippen LogP contribution in [-0.2, 0) is 11.2 Å². The molecule has 0 radical (unpaired) electrons. The van der Waals surface area contributed by atoms with Gasteiger partial charge in [-0.3, -0.25) is 4.79 Å². The number of benzene rings is 2. The van der Waals surface area contributed by atoms with Crippen molar-refractivity contribution in [2.24, 2.45) is 5.92 Å². The van der Waals surface area contributed by atoms with Crippen molar-refractivity contribution >= 4 is 5.91 Å². The van der Waals surface area contributed by atoms with Gasteiger partial charge in [0.05, 0.1) is 12.1 Å². The van der Waals surface area contributed by atoms with E-state index in [-0.39, 0.29) is 18.1 Å². The van der Waals surface area contributed by atoms with Crippen LogP contribution in [0.2, 0.25) is 0 Å². The van der Waals surface area contributed by atoms with E-state index in [0.29, 0.717) is 5.92 Å². The molecule has 6 rings (SSSR count). The minimum Gasteiger partial charge on any atom is -0.392 e. The summed E-state index contributed by atoms with van der Waals surface area (Å²) >= 11 is 0. The van der Waals surface area contributed by atoms with Crippen LogP contribution in [0.3, 0.4) is 0 Å². The number of rotatable bonds is 1. The predicted molar refractivity (Wildman–Crippen MR) is 111 cm³/mol. The zero-order valence-corrected chi connectivity index (χ0v) is 16.6. The highest BCUT2D eigenvalue weighted by molar-refractivity contribution is 5.75. The van der Waals surface area contributed by atoms with E-state index in [1.807, 2.05) is 23.1 Å². The lowest BCUT2D eigenvalue weighted by Gasteiger charge is -2.42. The third-order valence-corrected chi connectivity index (χ3v) is 6.42. The Bertz CT molecular complexity index is 799. The van der Waals surface area contributed by atoms with E-state index in [9.17, 15) is 9.90 Å². The van der Waals surface area contributed by atoms with Crippen molar-refractivity contribution in [3.8, 4) is 0 Å². The Hall–Kier alpha value is -2.17. The van der Waals surface area contributed by atoms with Crippen LogP contribution in [0.1, 0.15) is 42.5 Å². The molecule has 4 heterocycles. The number of aliphatic hydroxyl groups excluding tert-OH is 1. The van der Waals surface area contributed by atoms with Crippen LogP contribution < -0.4 is 0 Å². The molecule has 4 heteroatoms. The monoisotopic (exact) mass is 378 g/mol. The van der Waals surface area contributed by atoms with Gasteiger partial charge in [-0.25, -0.2) is 0 Å². The van der Waals surface area contributed by atoms with Gasteiger partial charge in [-0.2, -0.15) is 0 Å². The summed E-state index contributed by atoms with van der Waals surface area (Å²) in [6, 6.07) is 18.8. The Labute approximate surface area is 167 Å². The number of hydrogen-bond donors (Lipinski definition) is 1. The molecule has 0 saturated carbocycles. The maximum absolute atomic E-state index is 11.9. The number of nitrogens with zero attached hydrogens (tertiary/aromatic N) is 2. The molecule has 0 unspecified atom stereocenters. The van der Waals surface area contributed by atoms with Crippen molar-refractivity contribution in [2.75, 3.05) is 26.2 Å². The largest absolute Gasteiger partial charge is 0.392 e. The number of carbonyl (C=O) groups is 1. The number of aliphatic hydroxyl groups is 1. The van der Waals surface area contributed by atoms with Gasteiger partial charge in [0.15, 0.2) is 0 Å². The maximum Gasteiger partial charge on any atom is 0.220 e. The lowest BCUT2D eigenvalue weighted by Crippen LogP contribution is -2.50. The van der Waals surface area contributed by atoms with Crippen LogP contribution in [0.4, 0.5) is 0 Å². The first-order valence-corrected chi connectivity index (χ1v) is 10.4. The topological polar surface area (TPSA) is 43.8 Å². The molecule has 148 valence electrons. The summed E-state index contributed by atoms with van der Waals surface area (Å²) in [5, 5.41) is 9.36. The quantitative estimate of drug-likeness (QED) is 0.828. The molecule has 3 fully saturated rings. The van der Waals surface area contributed by atoms with Crippen molar-refractivity contribution in [2.45, 2.75) is 38.3 Å². The highest BCUT2D eigenvalue weighted by Crippen LogP contribution is 2.34. The number of amides is 1. The Morgan fingerprint density at radius 1 is 0.964 bits per heavy atom. The summed E-state index contributed by atoms with van der Waals surface area (Å²) in [6.07, 6.45) is 3.38. The molecule has 2 aromatic carbocycles. The van der Waals surface area contributed by atoms with E-state index in [2.05, 4.69) is 41.3 Å². The third-order valence-electron chi connectivity index (χ3n) is 6.42. The second-order valence-corrected chi connectivity index (χ2v) is 8.18. The van der Waals surface area contributed by atoms with Crippen LogP contribution in [0.15, 0.2) is 54.6 Å². The van der Waals surface area contributed by atoms with Gasteiger partial charge in [0.25, 0.3) is 0 Å². The van der Waals surface area contributed by atoms with Gasteiger partial charge in [0.2, 0.25) is 5.91 Å². The van der Waals surface area contributed by atoms with E-state index in [1.54, 1.807) is 6.92 Å². The van der Waals surface area contributed by atoms with Crippen LogP contribution >= 0.6 is 0 Å². The van der Waals surface area contributed by atoms with Gasteiger partial charge in [-0.05, 0) is 55.0 Å². The number of piperidine rings is 3. The molecule has 3 saturated heterocycles. The molecule has 1 amide bonds. The fraction of sp³-hybridized carbons (Fsp3) is 0.458. The van der Waals surface area contributed by atoms with E-state index in [1.165, 1.54) is 42.6 Å². The van der Waals surface area contributed by atoms with Gasteiger partial charge in [0, 0.05) is 20.0 Å². The minimum absolute atomic E-state index is 0.00694. The second-order valence-electron chi connectivity index (χ2n) is 8.18. The van der Waals surface area contributed by atoms with Gasteiger partial charge >= 0.3 is 0 Å². The summed E-state index contributed by atoms with van der Waals surface area (Å²) < 4.78 is 0. The molecule has 2 atom stereocenters. The molecule has 2 aromatic rings. The lowest BCUT2D eigenvalue weighted by molar-refractivity contribution is -0.130. The molecular formula is C24H30N2O2. The standard InChI is InChI=1S/C17H17NO.C7H13NO/c1-13(19)18-12-11-14-7-5-6-10-16(14)17(18)15-8-3-2-4-9-15;9-7-5-8-3-1-6(7)2-4-8/h2-10,17H,11-12H2,1H3;6-7,9H,1-5H2/t17-;7-/m00/s1. The molecule has 4 nitrogen and oxygen atoms in total. The maximum atomic E-state index is 11.9. The van der Waals surface area contributed by atoms with Crippen molar-refractivity contribution in [1.29, 1.82) is 0 Å². The third kappa shape index (κ3) is 3.98. The number of carbonyl (C=O) groups excluding carboxylic acids is 1. The lowest BCUT2D eigenvalue weighted by atomic mass is 9.86. The fourth-order valence-corrected chi connectivity index (χ4v) is 4.83. The molecule has 0 aliphatic carbocycles. The molecule has 4 aliphatic rings. The van der Waals surface area contributed by atoms with E-state index in [4.69, 9.17) is 0 Å². The Morgan fingerprint density at radius 2 is 1.64 bits per heavy atom. The first-order valence-electron chi connectivity index (χ1n) is 10.4. The molecule has 1 N–H and O–H groups in total. The van der Waals surface area contributed by atoms with Crippen LogP contribution in [0.25, 0.3) is 0 Å². The zero-order chi connectivity index (χ0) is 19.5. The normalized spacial score (nSPS) is 28.1. The van der Waals surface area contributed by atoms with Gasteiger partial charge in [-0.1, -0.05) is 54.6 Å². The van der Waals surface area contributed by atoms with Gasteiger partial charge < -0.3 is 14.9 Å². The molecular weight excluding hydrogens is 348 g/mol.